The Morgan fingerprint density at radius 1 is 1.45 bits per heavy atom. The zero-order valence-corrected chi connectivity index (χ0v) is 11.4. The van der Waals surface area contributed by atoms with Gasteiger partial charge in [0.05, 0.1) is 27.4 Å². The second kappa shape index (κ2) is 5.13. The van der Waals surface area contributed by atoms with E-state index in [1.165, 1.54) is 12.1 Å². The van der Waals surface area contributed by atoms with E-state index in [0.717, 1.165) is 30.8 Å². The van der Waals surface area contributed by atoms with E-state index in [1.807, 2.05) is 6.07 Å². The first-order valence-electron chi connectivity index (χ1n) is 6.36. The average molecular weight is 293 g/mol. The molecule has 1 aromatic carbocycles. The number of non-ortho nitro benzene ring substituents is 1. The van der Waals surface area contributed by atoms with Crippen molar-refractivity contribution in [2.75, 3.05) is 11.4 Å². The Hall–Kier alpha value is -2.08. The van der Waals surface area contributed by atoms with Gasteiger partial charge in [-0.25, -0.2) is 0 Å². The summed E-state index contributed by atoms with van der Waals surface area (Å²) in [6.07, 6.45) is 3.79. The fourth-order valence-electron chi connectivity index (χ4n) is 2.67. The number of aromatic amines is 1. The third kappa shape index (κ3) is 2.22. The van der Waals surface area contributed by atoms with Gasteiger partial charge in [0.1, 0.15) is 0 Å². The number of nitrogens with one attached hydrogen (secondary N) is 1. The zero-order valence-electron chi connectivity index (χ0n) is 10.6. The second-order valence-corrected chi connectivity index (χ2v) is 5.16. The van der Waals surface area contributed by atoms with E-state index >= 15 is 0 Å². The minimum absolute atomic E-state index is 0.0102. The number of hydrogen-bond donors (Lipinski definition) is 1. The number of halogens is 1. The molecule has 1 atom stereocenters. The van der Waals surface area contributed by atoms with E-state index in [0.29, 0.717) is 5.02 Å². The lowest BCUT2D eigenvalue weighted by Crippen LogP contribution is -2.23. The molecule has 2 aromatic rings. The van der Waals surface area contributed by atoms with Gasteiger partial charge in [-0.05, 0) is 25.0 Å². The Morgan fingerprint density at radius 3 is 2.95 bits per heavy atom. The maximum Gasteiger partial charge on any atom is 0.271 e. The predicted molar refractivity (Wildman–Crippen MR) is 76.0 cm³/mol. The summed E-state index contributed by atoms with van der Waals surface area (Å²) in [5.74, 6) is 0. The zero-order chi connectivity index (χ0) is 14.1. The van der Waals surface area contributed by atoms with Crippen LogP contribution in [0.5, 0.6) is 0 Å². The summed E-state index contributed by atoms with van der Waals surface area (Å²) in [6.45, 7) is 0.876. The van der Waals surface area contributed by atoms with Crippen LogP contribution in [0.1, 0.15) is 24.6 Å². The Morgan fingerprint density at radius 2 is 2.30 bits per heavy atom. The molecule has 1 aromatic heterocycles. The molecule has 104 valence electrons. The van der Waals surface area contributed by atoms with E-state index in [-0.39, 0.29) is 11.7 Å². The molecule has 2 heterocycles. The first-order chi connectivity index (χ1) is 9.66. The third-order valence-electron chi connectivity index (χ3n) is 3.59. The fourth-order valence-corrected chi connectivity index (χ4v) is 2.96. The van der Waals surface area contributed by atoms with Crippen molar-refractivity contribution in [3.8, 4) is 0 Å². The number of anilines is 1. The molecule has 0 aliphatic carbocycles. The van der Waals surface area contributed by atoms with Gasteiger partial charge in [-0.15, -0.1) is 0 Å². The molecule has 0 bridgehead atoms. The summed E-state index contributed by atoms with van der Waals surface area (Å²) < 4.78 is 0. The maximum atomic E-state index is 10.8. The van der Waals surface area contributed by atoms with Crippen LogP contribution in [0, 0.1) is 10.1 Å². The average Bonchev–Trinajstić information content (AvgIpc) is 3.09. The molecule has 1 N–H and O–H groups in total. The van der Waals surface area contributed by atoms with Crippen molar-refractivity contribution >= 4 is 23.0 Å². The Kier molecular flexibility index (Phi) is 3.31. The van der Waals surface area contributed by atoms with Crippen LogP contribution in [0.25, 0.3) is 0 Å². The van der Waals surface area contributed by atoms with Gasteiger partial charge in [-0.2, -0.15) is 5.10 Å². The first-order valence-corrected chi connectivity index (χ1v) is 6.74. The SMILES string of the molecule is O=[N+]([O-])c1ccc(N2CCC[C@H]2c2ccn[nH]2)c(Cl)c1. The van der Waals surface area contributed by atoms with Crippen molar-refractivity contribution in [3.05, 3.63) is 51.3 Å². The van der Waals surface area contributed by atoms with E-state index < -0.39 is 4.92 Å². The first kappa shape index (κ1) is 12.9. The number of hydrogen-bond acceptors (Lipinski definition) is 4. The van der Waals surface area contributed by atoms with Crippen molar-refractivity contribution in [3.63, 3.8) is 0 Å². The van der Waals surface area contributed by atoms with Crippen LogP contribution < -0.4 is 4.90 Å². The molecule has 3 rings (SSSR count). The number of nitro groups is 1. The molecular formula is C13H13ClN4O2. The Labute approximate surface area is 120 Å². The molecule has 0 saturated carbocycles. The van der Waals surface area contributed by atoms with Crippen LogP contribution in [0.3, 0.4) is 0 Å². The van der Waals surface area contributed by atoms with Gasteiger partial charge in [0.15, 0.2) is 0 Å². The highest BCUT2D eigenvalue weighted by Crippen LogP contribution is 2.39. The van der Waals surface area contributed by atoms with Crippen molar-refractivity contribution in [2.45, 2.75) is 18.9 Å². The summed E-state index contributed by atoms with van der Waals surface area (Å²) in [6, 6.07) is 6.75. The maximum absolute atomic E-state index is 10.8. The molecule has 1 aliphatic rings. The lowest BCUT2D eigenvalue weighted by Gasteiger charge is -2.26. The van der Waals surface area contributed by atoms with Gasteiger partial charge in [0.25, 0.3) is 5.69 Å². The lowest BCUT2D eigenvalue weighted by molar-refractivity contribution is -0.384. The van der Waals surface area contributed by atoms with Gasteiger partial charge < -0.3 is 4.90 Å². The molecule has 0 spiro atoms. The Bertz CT molecular complexity index is 629. The van der Waals surface area contributed by atoms with Crippen LogP contribution >= 0.6 is 11.6 Å². The van der Waals surface area contributed by atoms with Crippen LogP contribution in [0.15, 0.2) is 30.5 Å². The molecule has 0 radical (unpaired) electrons. The van der Waals surface area contributed by atoms with Gasteiger partial charge in [0.2, 0.25) is 0 Å². The highest BCUT2D eigenvalue weighted by atomic mass is 35.5. The van der Waals surface area contributed by atoms with Crippen LogP contribution in [-0.2, 0) is 0 Å². The standard InChI is InChI=1S/C13H13ClN4O2/c14-10-8-9(18(19)20)3-4-12(10)17-7-1-2-13(17)11-5-6-15-16-11/h3-6,8,13H,1-2,7H2,(H,15,16)/t13-/m0/s1. The fraction of sp³-hybridized carbons (Fsp3) is 0.308. The molecule has 0 unspecified atom stereocenters. The minimum Gasteiger partial charge on any atom is -0.362 e. The van der Waals surface area contributed by atoms with Crippen molar-refractivity contribution in [1.82, 2.24) is 10.2 Å². The molecule has 20 heavy (non-hydrogen) atoms. The predicted octanol–water partition coefficient (Wildman–Crippen LogP) is 3.31. The van der Waals surface area contributed by atoms with E-state index in [4.69, 9.17) is 11.6 Å². The van der Waals surface area contributed by atoms with Crippen molar-refractivity contribution in [2.24, 2.45) is 0 Å². The van der Waals surface area contributed by atoms with E-state index in [1.54, 1.807) is 12.3 Å². The number of H-pyrrole nitrogens is 1. The number of nitro benzene ring substituents is 1. The van der Waals surface area contributed by atoms with Crippen LogP contribution in [0.2, 0.25) is 5.02 Å². The summed E-state index contributed by atoms with van der Waals surface area (Å²) in [4.78, 5) is 12.5. The quantitative estimate of drug-likeness (QED) is 0.695. The topological polar surface area (TPSA) is 75.1 Å². The van der Waals surface area contributed by atoms with Gasteiger partial charge in [-0.1, -0.05) is 11.6 Å². The highest BCUT2D eigenvalue weighted by Gasteiger charge is 2.29. The number of benzene rings is 1. The number of nitrogens with zero attached hydrogens (tertiary/aromatic N) is 3. The largest absolute Gasteiger partial charge is 0.362 e. The summed E-state index contributed by atoms with van der Waals surface area (Å²) in [5.41, 5.74) is 1.88. The van der Waals surface area contributed by atoms with Crippen molar-refractivity contribution < 1.29 is 4.92 Å². The van der Waals surface area contributed by atoms with Gasteiger partial charge in [-0.3, -0.25) is 15.2 Å². The molecule has 1 aliphatic heterocycles. The number of aromatic nitrogens is 2. The van der Waals surface area contributed by atoms with E-state index in [9.17, 15) is 10.1 Å². The smallest absolute Gasteiger partial charge is 0.271 e. The van der Waals surface area contributed by atoms with Crippen LogP contribution in [-0.4, -0.2) is 21.7 Å². The second-order valence-electron chi connectivity index (χ2n) is 4.76. The summed E-state index contributed by atoms with van der Waals surface area (Å²) in [7, 11) is 0. The molecule has 7 heteroatoms. The van der Waals surface area contributed by atoms with Gasteiger partial charge in [0, 0.05) is 24.9 Å². The number of rotatable bonds is 3. The lowest BCUT2D eigenvalue weighted by atomic mass is 10.1. The monoisotopic (exact) mass is 292 g/mol. The highest BCUT2D eigenvalue weighted by molar-refractivity contribution is 6.33. The normalized spacial score (nSPS) is 18.4. The van der Waals surface area contributed by atoms with E-state index in [2.05, 4.69) is 15.1 Å². The molecule has 1 saturated heterocycles. The minimum atomic E-state index is -0.438. The van der Waals surface area contributed by atoms with Crippen LogP contribution in [0.4, 0.5) is 11.4 Å². The van der Waals surface area contributed by atoms with Crippen molar-refractivity contribution in [1.29, 1.82) is 0 Å². The molecular weight excluding hydrogens is 280 g/mol. The van der Waals surface area contributed by atoms with Gasteiger partial charge >= 0.3 is 0 Å². The molecule has 6 nitrogen and oxygen atoms in total. The Balaban J connectivity index is 1.94. The third-order valence-corrected chi connectivity index (χ3v) is 3.89. The summed E-state index contributed by atoms with van der Waals surface area (Å²) >= 11 is 6.21. The molecule has 0 amide bonds. The summed E-state index contributed by atoms with van der Waals surface area (Å²) in [5, 5.41) is 18.1. The molecule has 1 fully saturated rings.